The van der Waals surface area contributed by atoms with Crippen molar-refractivity contribution in [1.29, 1.82) is 0 Å². The van der Waals surface area contributed by atoms with Crippen molar-refractivity contribution in [3.8, 4) is 0 Å². The molecule has 0 fully saturated rings. The molecular formula is C6H16N2O. The smallest absolute Gasteiger partial charge is 0.0679 e. The second-order valence-electron chi connectivity index (χ2n) is 2.04. The third-order valence-electron chi connectivity index (χ3n) is 1.19. The zero-order valence-electron chi connectivity index (χ0n) is 6.02. The van der Waals surface area contributed by atoms with Crippen LogP contribution in [0.15, 0.2) is 0 Å². The molecule has 3 N–H and O–H groups in total. The summed E-state index contributed by atoms with van der Waals surface area (Å²) in [5.74, 6) is 4.83. The van der Waals surface area contributed by atoms with Crippen molar-refractivity contribution in [3.05, 3.63) is 0 Å². The van der Waals surface area contributed by atoms with Gasteiger partial charge < -0.3 is 10.2 Å². The van der Waals surface area contributed by atoms with Crippen molar-refractivity contribution in [3.63, 3.8) is 0 Å². The highest BCUT2D eigenvalue weighted by Crippen LogP contribution is 1.92. The minimum atomic E-state index is 0.684. The molecule has 0 aliphatic carbocycles. The first-order valence-corrected chi connectivity index (χ1v) is 3.38. The molecule has 9 heavy (non-hydrogen) atoms. The number of rotatable bonds is 6. The van der Waals surface area contributed by atoms with Gasteiger partial charge in [-0.2, -0.15) is 0 Å². The minimum Gasteiger partial charge on any atom is -0.320 e. The van der Waals surface area contributed by atoms with Gasteiger partial charge in [0.1, 0.15) is 0 Å². The molecule has 0 heterocycles. The SMILES string of the molecule is CNCCCCCON. The molecule has 3 heteroatoms. The van der Waals surface area contributed by atoms with Crippen LogP contribution in [0.25, 0.3) is 0 Å². The monoisotopic (exact) mass is 132 g/mol. The molecule has 0 saturated carbocycles. The zero-order valence-corrected chi connectivity index (χ0v) is 6.02. The van der Waals surface area contributed by atoms with Gasteiger partial charge in [0.05, 0.1) is 6.61 Å². The van der Waals surface area contributed by atoms with Crippen molar-refractivity contribution in [2.24, 2.45) is 5.90 Å². The van der Waals surface area contributed by atoms with E-state index in [0.29, 0.717) is 6.61 Å². The van der Waals surface area contributed by atoms with E-state index in [1.54, 1.807) is 0 Å². The van der Waals surface area contributed by atoms with Gasteiger partial charge in [-0.25, -0.2) is 5.90 Å². The van der Waals surface area contributed by atoms with Crippen molar-refractivity contribution in [1.82, 2.24) is 5.32 Å². The Hall–Kier alpha value is -0.120. The average Bonchev–Trinajstić information content (AvgIpc) is 1.89. The lowest BCUT2D eigenvalue weighted by molar-refractivity contribution is 0.133. The molecular weight excluding hydrogens is 116 g/mol. The summed E-state index contributed by atoms with van der Waals surface area (Å²) >= 11 is 0. The summed E-state index contributed by atoms with van der Waals surface area (Å²) in [6.45, 7) is 1.77. The van der Waals surface area contributed by atoms with Gasteiger partial charge in [0.15, 0.2) is 0 Å². The Morgan fingerprint density at radius 2 is 2.11 bits per heavy atom. The van der Waals surface area contributed by atoms with Gasteiger partial charge in [0.2, 0.25) is 0 Å². The van der Waals surface area contributed by atoms with Crippen LogP contribution in [0.3, 0.4) is 0 Å². The molecule has 0 bridgehead atoms. The molecule has 0 aromatic heterocycles. The van der Waals surface area contributed by atoms with Crippen LogP contribution in [0.5, 0.6) is 0 Å². The van der Waals surface area contributed by atoms with Gasteiger partial charge in [0.25, 0.3) is 0 Å². The maximum absolute atomic E-state index is 4.83. The number of nitrogens with two attached hydrogens (primary N) is 1. The fraction of sp³-hybridized carbons (Fsp3) is 1.00. The molecule has 0 atom stereocenters. The van der Waals surface area contributed by atoms with Crippen LogP contribution in [0.1, 0.15) is 19.3 Å². The van der Waals surface area contributed by atoms with Crippen LogP contribution in [0.2, 0.25) is 0 Å². The van der Waals surface area contributed by atoms with Crippen LogP contribution >= 0.6 is 0 Å². The third-order valence-corrected chi connectivity index (χ3v) is 1.19. The lowest BCUT2D eigenvalue weighted by Gasteiger charge is -1.97. The Morgan fingerprint density at radius 3 is 2.67 bits per heavy atom. The van der Waals surface area contributed by atoms with E-state index in [2.05, 4.69) is 10.2 Å². The molecule has 0 aliphatic rings. The molecule has 0 spiro atoms. The quantitative estimate of drug-likeness (QED) is 0.403. The third kappa shape index (κ3) is 7.88. The fourth-order valence-electron chi connectivity index (χ4n) is 0.664. The lowest BCUT2D eigenvalue weighted by atomic mass is 10.2. The molecule has 0 aromatic carbocycles. The summed E-state index contributed by atoms with van der Waals surface area (Å²) in [6, 6.07) is 0. The molecule has 0 saturated heterocycles. The van der Waals surface area contributed by atoms with E-state index in [1.165, 1.54) is 12.8 Å². The fourth-order valence-corrected chi connectivity index (χ4v) is 0.664. The number of hydrogen-bond acceptors (Lipinski definition) is 3. The average molecular weight is 132 g/mol. The number of hydrogen-bond donors (Lipinski definition) is 2. The molecule has 56 valence electrons. The highest BCUT2D eigenvalue weighted by molar-refractivity contribution is 4.42. The summed E-state index contributed by atoms with van der Waals surface area (Å²) in [6.07, 6.45) is 3.47. The first-order valence-electron chi connectivity index (χ1n) is 3.38. The normalized spacial score (nSPS) is 10.0. The summed E-state index contributed by atoms with van der Waals surface area (Å²) in [5.41, 5.74) is 0. The standard InChI is InChI=1S/C6H16N2O/c1-8-5-3-2-4-6-9-7/h8H,2-7H2,1H3. The number of unbranched alkanes of at least 4 members (excludes halogenated alkanes) is 2. The van der Waals surface area contributed by atoms with E-state index in [9.17, 15) is 0 Å². The minimum absolute atomic E-state index is 0.684. The number of nitrogens with one attached hydrogen (secondary N) is 1. The van der Waals surface area contributed by atoms with Crippen LogP contribution in [-0.2, 0) is 4.84 Å². The van der Waals surface area contributed by atoms with Crippen LogP contribution < -0.4 is 11.2 Å². The van der Waals surface area contributed by atoms with Crippen molar-refractivity contribution in [2.75, 3.05) is 20.2 Å². The maximum atomic E-state index is 4.83. The van der Waals surface area contributed by atoms with Gasteiger partial charge in [-0.15, -0.1) is 0 Å². The van der Waals surface area contributed by atoms with Crippen molar-refractivity contribution < 1.29 is 4.84 Å². The van der Waals surface area contributed by atoms with E-state index < -0.39 is 0 Å². The highest BCUT2D eigenvalue weighted by Gasteiger charge is 1.85. The van der Waals surface area contributed by atoms with Crippen molar-refractivity contribution in [2.45, 2.75) is 19.3 Å². The molecule has 0 aliphatic heterocycles. The van der Waals surface area contributed by atoms with Crippen LogP contribution in [0, 0.1) is 0 Å². The Morgan fingerprint density at radius 1 is 1.33 bits per heavy atom. The topological polar surface area (TPSA) is 47.3 Å². The Balaban J connectivity index is 2.60. The van der Waals surface area contributed by atoms with Gasteiger partial charge in [-0.3, -0.25) is 0 Å². The van der Waals surface area contributed by atoms with E-state index in [0.717, 1.165) is 13.0 Å². The molecule has 0 rings (SSSR count). The van der Waals surface area contributed by atoms with Crippen molar-refractivity contribution >= 4 is 0 Å². The largest absolute Gasteiger partial charge is 0.320 e. The molecule has 0 amide bonds. The zero-order chi connectivity index (χ0) is 6.95. The lowest BCUT2D eigenvalue weighted by Crippen LogP contribution is -2.08. The second-order valence-corrected chi connectivity index (χ2v) is 2.04. The predicted molar refractivity (Wildman–Crippen MR) is 37.9 cm³/mol. The van der Waals surface area contributed by atoms with E-state index >= 15 is 0 Å². The Labute approximate surface area is 56.5 Å². The van der Waals surface area contributed by atoms with Gasteiger partial charge in [0, 0.05) is 0 Å². The van der Waals surface area contributed by atoms with Gasteiger partial charge in [-0.1, -0.05) is 0 Å². The predicted octanol–water partition coefficient (Wildman–Crippen LogP) is 0.266. The molecule has 0 unspecified atom stereocenters. The first kappa shape index (κ1) is 8.88. The summed E-state index contributed by atoms with van der Waals surface area (Å²) < 4.78 is 0. The van der Waals surface area contributed by atoms with Crippen LogP contribution in [0.4, 0.5) is 0 Å². The van der Waals surface area contributed by atoms with E-state index in [1.807, 2.05) is 7.05 Å². The van der Waals surface area contributed by atoms with Gasteiger partial charge in [-0.05, 0) is 32.9 Å². The second kappa shape index (κ2) is 7.88. The maximum Gasteiger partial charge on any atom is 0.0679 e. The van der Waals surface area contributed by atoms with E-state index in [-0.39, 0.29) is 0 Å². The Kier molecular flexibility index (Phi) is 7.77. The molecule has 0 aromatic rings. The van der Waals surface area contributed by atoms with Crippen LogP contribution in [-0.4, -0.2) is 20.2 Å². The summed E-state index contributed by atoms with van der Waals surface area (Å²) in [7, 11) is 1.96. The van der Waals surface area contributed by atoms with Gasteiger partial charge >= 0.3 is 0 Å². The molecule has 3 nitrogen and oxygen atoms in total. The Bertz CT molecular complexity index is 44.3. The summed E-state index contributed by atoms with van der Waals surface area (Å²) in [5, 5.41) is 3.07. The summed E-state index contributed by atoms with van der Waals surface area (Å²) in [4.78, 5) is 4.40. The first-order chi connectivity index (χ1) is 4.41. The molecule has 0 radical (unpaired) electrons. The van der Waals surface area contributed by atoms with E-state index in [4.69, 9.17) is 5.90 Å². The highest BCUT2D eigenvalue weighted by atomic mass is 16.6.